The fraction of sp³-hybridized carbons (Fsp3) is 0.100. The van der Waals surface area contributed by atoms with Crippen LogP contribution in [0.1, 0.15) is 11.4 Å². The number of hydrogen-bond donors (Lipinski definition) is 2. The largest absolute Gasteiger partial charge is 0.324 e. The number of halogens is 2. The van der Waals surface area contributed by atoms with Crippen molar-refractivity contribution in [1.29, 1.82) is 0 Å². The first-order valence-corrected chi connectivity index (χ1v) is 9.98. The van der Waals surface area contributed by atoms with Crippen LogP contribution in [-0.4, -0.2) is 24.7 Å². The normalized spacial score (nSPS) is 10.8. The van der Waals surface area contributed by atoms with E-state index in [0.717, 1.165) is 27.2 Å². The third-order valence-electron chi connectivity index (χ3n) is 4.02. The minimum atomic E-state index is 0.393. The van der Waals surface area contributed by atoms with Crippen LogP contribution in [0.4, 0.5) is 23.3 Å². The van der Waals surface area contributed by atoms with Gasteiger partial charge in [0.1, 0.15) is 0 Å². The second kappa shape index (κ2) is 8.18. The first kappa shape index (κ1) is 19.4. The highest BCUT2D eigenvalue weighted by Gasteiger charge is 2.12. The van der Waals surface area contributed by atoms with Gasteiger partial charge in [0.2, 0.25) is 11.9 Å². The van der Waals surface area contributed by atoms with E-state index < -0.39 is 0 Å². The molecule has 4 aromatic rings. The maximum Gasteiger partial charge on any atom is 0.257 e. The SMILES string of the molecule is Cc1cc(C)n(-c2nc(Nc3ccc(Cl)cc3)nc(Nc3ccc(Br)cc3)n2)n1. The first-order chi connectivity index (χ1) is 14.0. The van der Waals surface area contributed by atoms with Gasteiger partial charge in [0.05, 0.1) is 5.69 Å². The number of aryl methyl sites for hydroxylation is 2. The number of hydrogen-bond acceptors (Lipinski definition) is 6. The van der Waals surface area contributed by atoms with Gasteiger partial charge < -0.3 is 10.6 Å². The van der Waals surface area contributed by atoms with Crippen LogP contribution in [0.15, 0.2) is 59.1 Å². The molecule has 0 aliphatic rings. The van der Waals surface area contributed by atoms with Crippen molar-refractivity contribution in [2.45, 2.75) is 13.8 Å². The molecular formula is C20H17BrClN7. The number of nitrogens with zero attached hydrogens (tertiary/aromatic N) is 5. The molecule has 9 heteroatoms. The molecule has 29 heavy (non-hydrogen) atoms. The Morgan fingerprint density at radius 2 is 1.38 bits per heavy atom. The Morgan fingerprint density at radius 3 is 1.90 bits per heavy atom. The predicted molar refractivity (Wildman–Crippen MR) is 119 cm³/mol. The number of rotatable bonds is 5. The van der Waals surface area contributed by atoms with Crippen LogP contribution >= 0.6 is 27.5 Å². The maximum absolute atomic E-state index is 5.97. The van der Waals surface area contributed by atoms with Gasteiger partial charge >= 0.3 is 0 Å². The third-order valence-corrected chi connectivity index (χ3v) is 4.80. The molecule has 2 aromatic heterocycles. The number of nitrogens with one attached hydrogen (secondary N) is 2. The van der Waals surface area contributed by atoms with Crippen LogP contribution in [0.25, 0.3) is 5.95 Å². The standard InChI is InChI=1S/C20H17BrClN7/c1-12-11-13(2)29(28-12)20-26-18(23-16-7-3-14(21)4-8-16)25-19(27-20)24-17-9-5-15(22)6-10-17/h3-11H,1-2H3,(H2,23,24,25,26,27). The van der Waals surface area contributed by atoms with Crippen LogP contribution < -0.4 is 10.6 Å². The van der Waals surface area contributed by atoms with E-state index in [1.165, 1.54) is 0 Å². The third kappa shape index (κ3) is 4.72. The fourth-order valence-corrected chi connectivity index (χ4v) is 3.12. The zero-order valence-electron chi connectivity index (χ0n) is 15.7. The summed E-state index contributed by atoms with van der Waals surface area (Å²) in [5, 5.41) is 11.6. The highest BCUT2D eigenvalue weighted by molar-refractivity contribution is 9.10. The Bertz CT molecular complexity index is 1070. The van der Waals surface area contributed by atoms with Crippen molar-refractivity contribution in [3.63, 3.8) is 0 Å². The number of aromatic nitrogens is 5. The number of anilines is 4. The van der Waals surface area contributed by atoms with Gasteiger partial charge in [-0.1, -0.05) is 27.5 Å². The van der Waals surface area contributed by atoms with Crippen molar-refractivity contribution in [3.05, 3.63) is 75.5 Å². The molecule has 0 spiro atoms. The van der Waals surface area contributed by atoms with Crippen molar-refractivity contribution in [2.75, 3.05) is 10.6 Å². The molecule has 0 radical (unpaired) electrons. The van der Waals surface area contributed by atoms with Gasteiger partial charge in [-0.15, -0.1) is 0 Å². The van der Waals surface area contributed by atoms with E-state index in [9.17, 15) is 0 Å². The molecule has 2 heterocycles. The predicted octanol–water partition coefficient (Wildman–Crippen LogP) is 5.58. The molecule has 0 aliphatic carbocycles. The Labute approximate surface area is 181 Å². The average Bonchev–Trinajstić information content (AvgIpc) is 3.03. The van der Waals surface area contributed by atoms with Gasteiger partial charge in [-0.3, -0.25) is 0 Å². The van der Waals surface area contributed by atoms with Crippen LogP contribution in [0, 0.1) is 13.8 Å². The summed E-state index contributed by atoms with van der Waals surface area (Å²) in [7, 11) is 0. The summed E-state index contributed by atoms with van der Waals surface area (Å²) in [6, 6.07) is 17.0. The number of benzene rings is 2. The second-order valence-electron chi connectivity index (χ2n) is 6.39. The van der Waals surface area contributed by atoms with E-state index in [1.54, 1.807) is 16.8 Å². The van der Waals surface area contributed by atoms with Crippen molar-refractivity contribution in [3.8, 4) is 5.95 Å². The molecule has 0 aliphatic heterocycles. The molecule has 7 nitrogen and oxygen atoms in total. The lowest BCUT2D eigenvalue weighted by molar-refractivity contribution is 0.768. The van der Waals surface area contributed by atoms with Crippen molar-refractivity contribution >= 4 is 50.8 Å². The Hall–Kier alpha value is -2.97. The summed E-state index contributed by atoms with van der Waals surface area (Å²) >= 11 is 9.41. The zero-order valence-corrected chi connectivity index (χ0v) is 18.0. The van der Waals surface area contributed by atoms with Crippen molar-refractivity contribution < 1.29 is 0 Å². The van der Waals surface area contributed by atoms with Gasteiger partial charge in [0.15, 0.2) is 0 Å². The lowest BCUT2D eigenvalue weighted by Gasteiger charge is -2.11. The second-order valence-corrected chi connectivity index (χ2v) is 7.74. The molecule has 0 fully saturated rings. The van der Waals surface area contributed by atoms with E-state index in [1.807, 2.05) is 56.3 Å². The molecule has 0 amide bonds. The van der Waals surface area contributed by atoms with E-state index >= 15 is 0 Å². The summed E-state index contributed by atoms with van der Waals surface area (Å²) in [4.78, 5) is 13.6. The van der Waals surface area contributed by atoms with E-state index in [0.29, 0.717) is 22.9 Å². The molecule has 146 valence electrons. The topological polar surface area (TPSA) is 80.5 Å². The van der Waals surface area contributed by atoms with Gasteiger partial charge in [0, 0.05) is 26.6 Å². The van der Waals surface area contributed by atoms with Crippen LogP contribution in [0.2, 0.25) is 5.02 Å². The average molecular weight is 471 g/mol. The minimum absolute atomic E-state index is 0.393. The molecular weight excluding hydrogens is 454 g/mol. The maximum atomic E-state index is 5.97. The molecule has 0 saturated carbocycles. The molecule has 4 rings (SSSR count). The summed E-state index contributed by atoms with van der Waals surface area (Å²) in [5.41, 5.74) is 3.49. The fourth-order valence-electron chi connectivity index (χ4n) is 2.73. The van der Waals surface area contributed by atoms with Crippen molar-refractivity contribution in [2.24, 2.45) is 0 Å². The smallest absolute Gasteiger partial charge is 0.257 e. The van der Waals surface area contributed by atoms with E-state index in [4.69, 9.17) is 11.6 Å². The molecule has 0 unspecified atom stereocenters. The highest BCUT2D eigenvalue weighted by atomic mass is 79.9. The quantitative estimate of drug-likeness (QED) is 0.396. The highest BCUT2D eigenvalue weighted by Crippen LogP contribution is 2.21. The Morgan fingerprint density at radius 1 is 0.828 bits per heavy atom. The van der Waals surface area contributed by atoms with E-state index in [-0.39, 0.29) is 0 Å². The summed E-state index contributed by atoms with van der Waals surface area (Å²) in [5.74, 6) is 1.22. The van der Waals surface area contributed by atoms with E-state index in [2.05, 4.69) is 46.6 Å². The molecule has 2 N–H and O–H groups in total. The van der Waals surface area contributed by atoms with Gasteiger partial charge in [-0.05, 0) is 68.4 Å². The summed E-state index contributed by atoms with van der Waals surface area (Å²) in [6.07, 6.45) is 0. The molecule has 0 saturated heterocycles. The lowest BCUT2D eigenvalue weighted by Crippen LogP contribution is -2.11. The molecule has 0 bridgehead atoms. The van der Waals surface area contributed by atoms with Crippen molar-refractivity contribution in [1.82, 2.24) is 24.7 Å². The minimum Gasteiger partial charge on any atom is -0.324 e. The summed E-state index contributed by atoms with van der Waals surface area (Å²) < 4.78 is 2.68. The zero-order chi connectivity index (χ0) is 20.4. The Balaban J connectivity index is 1.73. The van der Waals surface area contributed by atoms with Gasteiger partial charge in [-0.2, -0.15) is 20.1 Å². The van der Waals surface area contributed by atoms with Crippen LogP contribution in [-0.2, 0) is 0 Å². The Kier molecular flexibility index (Phi) is 5.46. The summed E-state index contributed by atoms with van der Waals surface area (Å²) in [6.45, 7) is 3.89. The van der Waals surface area contributed by atoms with Crippen LogP contribution in [0.5, 0.6) is 0 Å². The molecule has 2 aromatic carbocycles. The lowest BCUT2D eigenvalue weighted by atomic mass is 10.3. The first-order valence-electron chi connectivity index (χ1n) is 8.81. The monoisotopic (exact) mass is 469 g/mol. The van der Waals surface area contributed by atoms with Gasteiger partial charge in [0.25, 0.3) is 5.95 Å². The molecule has 0 atom stereocenters. The van der Waals surface area contributed by atoms with Gasteiger partial charge in [-0.25, -0.2) is 4.68 Å². The van der Waals surface area contributed by atoms with Crippen LogP contribution in [0.3, 0.4) is 0 Å².